The molecule has 0 aliphatic heterocycles. The first kappa shape index (κ1) is 21.5. The zero-order valence-electron chi connectivity index (χ0n) is 15.5. The standard InChI is InChI=1S/C19H20F2N2O4S/c1-10(2)16(23-18(25)15-5-4-8-28-15)19(26)27-11(3)17(24)22-12-6-7-13(20)14(21)9-12/h4-11,16H,1-3H3,(H,22,24)(H,23,25)/t11-,16-/m1/s1. The van der Waals surface area contributed by atoms with E-state index in [4.69, 9.17) is 4.74 Å². The van der Waals surface area contributed by atoms with E-state index in [0.717, 1.165) is 12.1 Å². The van der Waals surface area contributed by atoms with E-state index in [1.165, 1.54) is 24.3 Å². The van der Waals surface area contributed by atoms with Gasteiger partial charge in [0, 0.05) is 11.8 Å². The van der Waals surface area contributed by atoms with Gasteiger partial charge in [0.2, 0.25) is 0 Å². The zero-order valence-corrected chi connectivity index (χ0v) is 16.3. The van der Waals surface area contributed by atoms with Crippen molar-refractivity contribution in [3.8, 4) is 0 Å². The summed E-state index contributed by atoms with van der Waals surface area (Å²) in [6.07, 6.45) is -1.21. The molecule has 0 fully saturated rings. The van der Waals surface area contributed by atoms with E-state index in [1.807, 2.05) is 0 Å². The van der Waals surface area contributed by atoms with Gasteiger partial charge in [-0.15, -0.1) is 11.3 Å². The molecule has 28 heavy (non-hydrogen) atoms. The van der Waals surface area contributed by atoms with Gasteiger partial charge in [-0.3, -0.25) is 9.59 Å². The minimum absolute atomic E-state index is 0.0261. The van der Waals surface area contributed by atoms with Crippen LogP contribution in [0.25, 0.3) is 0 Å². The first-order chi connectivity index (χ1) is 13.2. The van der Waals surface area contributed by atoms with Crippen LogP contribution in [0.1, 0.15) is 30.4 Å². The third-order valence-corrected chi connectivity index (χ3v) is 4.67. The van der Waals surface area contributed by atoms with Crippen LogP contribution in [0.15, 0.2) is 35.7 Å². The Balaban J connectivity index is 1.98. The maximum atomic E-state index is 13.2. The van der Waals surface area contributed by atoms with Gasteiger partial charge in [-0.25, -0.2) is 13.6 Å². The fourth-order valence-electron chi connectivity index (χ4n) is 2.24. The Labute approximate surface area is 164 Å². The highest BCUT2D eigenvalue weighted by molar-refractivity contribution is 7.12. The van der Waals surface area contributed by atoms with Gasteiger partial charge >= 0.3 is 5.97 Å². The number of amides is 2. The van der Waals surface area contributed by atoms with Crippen LogP contribution >= 0.6 is 11.3 Å². The second-order valence-corrected chi connectivity index (χ2v) is 7.32. The molecule has 1 aromatic carbocycles. The number of halogens is 2. The fraction of sp³-hybridized carbons (Fsp3) is 0.316. The number of rotatable bonds is 7. The van der Waals surface area contributed by atoms with Crippen LogP contribution in [-0.4, -0.2) is 29.9 Å². The molecule has 1 heterocycles. The molecular weight excluding hydrogens is 390 g/mol. The summed E-state index contributed by atoms with van der Waals surface area (Å²) in [4.78, 5) is 37.2. The minimum Gasteiger partial charge on any atom is -0.451 e. The van der Waals surface area contributed by atoms with Crippen molar-refractivity contribution in [2.45, 2.75) is 32.9 Å². The number of carbonyl (C=O) groups is 3. The van der Waals surface area contributed by atoms with Crippen molar-refractivity contribution in [1.82, 2.24) is 5.32 Å². The highest BCUT2D eigenvalue weighted by Gasteiger charge is 2.29. The summed E-state index contributed by atoms with van der Waals surface area (Å²) in [5, 5.41) is 6.68. The third kappa shape index (κ3) is 5.59. The van der Waals surface area contributed by atoms with Crippen LogP contribution in [0.3, 0.4) is 0 Å². The van der Waals surface area contributed by atoms with Crippen molar-refractivity contribution in [3.63, 3.8) is 0 Å². The molecule has 2 N–H and O–H groups in total. The Morgan fingerprint density at radius 2 is 1.79 bits per heavy atom. The maximum absolute atomic E-state index is 13.2. The molecule has 0 aliphatic carbocycles. The van der Waals surface area contributed by atoms with E-state index < -0.39 is 41.6 Å². The largest absolute Gasteiger partial charge is 0.451 e. The molecule has 0 saturated heterocycles. The Kier molecular flexibility index (Phi) is 7.22. The molecule has 1 aromatic heterocycles. The summed E-state index contributed by atoms with van der Waals surface area (Å²) in [6, 6.07) is 5.26. The molecular formula is C19H20F2N2O4S. The van der Waals surface area contributed by atoms with Crippen LogP contribution < -0.4 is 10.6 Å². The number of anilines is 1. The van der Waals surface area contributed by atoms with Crippen LogP contribution in [0.4, 0.5) is 14.5 Å². The molecule has 0 spiro atoms. The minimum atomic E-state index is -1.21. The highest BCUT2D eigenvalue weighted by Crippen LogP contribution is 2.15. The molecule has 9 heteroatoms. The topological polar surface area (TPSA) is 84.5 Å². The Hall–Kier alpha value is -2.81. The number of benzene rings is 1. The summed E-state index contributed by atoms with van der Waals surface area (Å²) >= 11 is 1.23. The van der Waals surface area contributed by atoms with Gasteiger partial charge in [0.1, 0.15) is 6.04 Å². The molecule has 6 nitrogen and oxygen atoms in total. The number of esters is 1. The van der Waals surface area contributed by atoms with Crippen molar-refractivity contribution in [1.29, 1.82) is 0 Å². The molecule has 0 aliphatic rings. The van der Waals surface area contributed by atoms with Crippen LogP contribution in [0, 0.1) is 17.6 Å². The van der Waals surface area contributed by atoms with Gasteiger partial charge in [0.05, 0.1) is 4.88 Å². The first-order valence-corrected chi connectivity index (χ1v) is 9.37. The van der Waals surface area contributed by atoms with E-state index in [1.54, 1.807) is 31.4 Å². The van der Waals surface area contributed by atoms with Gasteiger partial charge in [-0.2, -0.15) is 0 Å². The van der Waals surface area contributed by atoms with Gasteiger partial charge < -0.3 is 15.4 Å². The van der Waals surface area contributed by atoms with Crippen molar-refractivity contribution >= 4 is 34.8 Å². The predicted molar refractivity (Wildman–Crippen MR) is 101 cm³/mol. The molecule has 0 bridgehead atoms. The number of ether oxygens (including phenoxy) is 1. The number of carbonyl (C=O) groups excluding carboxylic acids is 3. The average molecular weight is 410 g/mol. The predicted octanol–water partition coefficient (Wildman–Crippen LogP) is 3.35. The lowest BCUT2D eigenvalue weighted by Gasteiger charge is -2.22. The Morgan fingerprint density at radius 1 is 1.07 bits per heavy atom. The van der Waals surface area contributed by atoms with Gasteiger partial charge in [-0.05, 0) is 36.4 Å². The van der Waals surface area contributed by atoms with Crippen molar-refractivity contribution in [2.75, 3.05) is 5.32 Å². The lowest BCUT2D eigenvalue weighted by atomic mass is 10.0. The van der Waals surface area contributed by atoms with E-state index in [-0.39, 0.29) is 11.6 Å². The molecule has 2 aromatic rings. The summed E-state index contributed by atoms with van der Waals surface area (Å²) in [7, 11) is 0. The van der Waals surface area contributed by atoms with E-state index in [2.05, 4.69) is 10.6 Å². The first-order valence-electron chi connectivity index (χ1n) is 8.49. The summed E-state index contributed by atoms with van der Waals surface area (Å²) in [5.41, 5.74) is 0.0261. The smallest absolute Gasteiger partial charge is 0.329 e. The van der Waals surface area contributed by atoms with Crippen molar-refractivity contribution < 1.29 is 27.9 Å². The Morgan fingerprint density at radius 3 is 2.36 bits per heavy atom. The van der Waals surface area contributed by atoms with Crippen LogP contribution in [0.2, 0.25) is 0 Å². The summed E-state index contributed by atoms with van der Waals surface area (Å²) in [5.74, 6) is -4.33. The number of hydrogen-bond acceptors (Lipinski definition) is 5. The third-order valence-electron chi connectivity index (χ3n) is 3.80. The van der Waals surface area contributed by atoms with E-state index >= 15 is 0 Å². The van der Waals surface area contributed by atoms with Gasteiger partial charge in [-0.1, -0.05) is 19.9 Å². The molecule has 0 unspecified atom stereocenters. The molecule has 2 rings (SSSR count). The normalized spacial score (nSPS) is 12.9. The zero-order chi connectivity index (χ0) is 20.8. The summed E-state index contributed by atoms with van der Waals surface area (Å²) < 4.78 is 31.3. The average Bonchev–Trinajstić information content (AvgIpc) is 3.16. The fourth-order valence-corrected chi connectivity index (χ4v) is 2.86. The maximum Gasteiger partial charge on any atom is 0.329 e. The molecule has 2 atom stereocenters. The SMILES string of the molecule is CC(C)[C@@H](NC(=O)c1cccs1)C(=O)O[C@H](C)C(=O)Nc1ccc(F)c(F)c1. The molecule has 150 valence electrons. The molecule has 2 amide bonds. The van der Waals surface area contributed by atoms with Crippen LogP contribution in [-0.2, 0) is 14.3 Å². The van der Waals surface area contributed by atoms with E-state index in [0.29, 0.717) is 4.88 Å². The Bertz CT molecular complexity index is 856. The van der Waals surface area contributed by atoms with Gasteiger partial charge in [0.15, 0.2) is 17.7 Å². The number of nitrogens with one attached hydrogen (secondary N) is 2. The quantitative estimate of drug-likeness (QED) is 0.686. The van der Waals surface area contributed by atoms with Gasteiger partial charge in [0.25, 0.3) is 11.8 Å². The second-order valence-electron chi connectivity index (χ2n) is 6.37. The number of hydrogen-bond donors (Lipinski definition) is 2. The lowest BCUT2D eigenvalue weighted by molar-refractivity contribution is -0.156. The lowest BCUT2D eigenvalue weighted by Crippen LogP contribution is -2.47. The summed E-state index contributed by atoms with van der Waals surface area (Å²) in [6.45, 7) is 4.80. The molecule has 0 saturated carbocycles. The van der Waals surface area contributed by atoms with Crippen LogP contribution in [0.5, 0.6) is 0 Å². The highest BCUT2D eigenvalue weighted by atomic mass is 32.1. The van der Waals surface area contributed by atoms with E-state index in [9.17, 15) is 23.2 Å². The number of thiophene rings is 1. The van der Waals surface area contributed by atoms with Crippen molar-refractivity contribution in [2.24, 2.45) is 5.92 Å². The van der Waals surface area contributed by atoms with Crippen molar-refractivity contribution in [3.05, 3.63) is 52.2 Å². The molecule has 0 radical (unpaired) electrons. The second kappa shape index (κ2) is 9.41. The monoisotopic (exact) mass is 410 g/mol.